The zero-order valence-corrected chi connectivity index (χ0v) is 6.89. The molecule has 0 aliphatic rings. The summed E-state index contributed by atoms with van der Waals surface area (Å²) in [4.78, 5) is 17.3. The summed E-state index contributed by atoms with van der Waals surface area (Å²) >= 11 is 5.45. The number of amides is 1. The molecule has 1 aromatic rings. The summed E-state index contributed by atoms with van der Waals surface area (Å²) in [6.45, 7) is 0. The number of nitrogens with one attached hydrogen (secondary N) is 1. The van der Waals surface area contributed by atoms with Crippen molar-refractivity contribution in [3.05, 3.63) is 17.5 Å². The molecule has 0 aromatic carbocycles. The van der Waals surface area contributed by atoms with E-state index in [0.717, 1.165) is 0 Å². The number of aromatic nitrogens is 2. The van der Waals surface area contributed by atoms with Gasteiger partial charge in [0, 0.05) is 0 Å². The zero-order chi connectivity index (χ0) is 7.40. The summed E-state index contributed by atoms with van der Waals surface area (Å²) in [5, 5.41) is 2.57. The molecule has 1 N–H and O–H groups in total. The molecule has 1 aromatic heterocycles. The average Bonchev–Trinajstić information content (AvgIpc) is 1.88. The van der Waals surface area contributed by atoms with Gasteiger partial charge in [0.15, 0.2) is 5.82 Å². The Kier molecular flexibility index (Phi) is 4.49. The summed E-state index contributed by atoms with van der Waals surface area (Å²) in [5.41, 5.74) is 0. The lowest BCUT2D eigenvalue weighted by atomic mass is 10.7. The minimum absolute atomic E-state index is 0. The monoisotopic (exact) mass is 193 g/mol. The highest BCUT2D eigenvalue weighted by atomic mass is 35.5. The van der Waals surface area contributed by atoms with Crippen LogP contribution in [0.4, 0.5) is 5.82 Å². The van der Waals surface area contributed by atoms with Crippen molar-refractivity contribution in [2.75, 3.05) is 5.32 Å². The van der Waals surface area contributed by atoms with Gasteiger partial charge in [-0.15, -0.1) is 12.4 Å². The maximum atomic E-state index is 9.86. The van der Waals surface area contributed by atoms with E-state index in [4.69, 9.17) is 11.6 Å². The lowest BCUT2D eigenvalue weighted by Gasteiger charge is -1.94. The molecule has 0 atom stereocenters. The minimum Gasteiger partial charge on any atom is -0.312 e. The van der Waals surface area contributed by atoms with Gasteiger partial charge < -0.3 is 5.32 Å². The Morgan fingerprint density at radius 2 is 2.27 bits per heavy atom. The van der Waals surface area contributed by atoms with Crippen LogP contribution >= 0.6 is 24.0 Å². The quantitative estimate of drug-likeness (QED) is 0.717. The maximum absolute atomic E-state index is 9.86. The molecule has 11 heavy (non-hydrogen) atoms. The number of halogens is 2. The molecule has 0 radical (unpaired) electrons. The first-order chi connectivity index (χ1) is 4.83. The third-order valence-corrected chi connectivity index (χ3v) is 0.994. The molecule has 0 aliphatic heterocycles. The van der Waals surface area contributed by atoms with E-state index in [2.05, 4.69) is 15.3 Å². The molecular formula is C5H5Cl2N3O. The van der Waals surface area contributed by atoms with Crippen molar-refractivity contribution in [1.29, 1.82) is 0 Å². The number of rotatable bonds is 2. The lowest BCUT2D eigenvalue weighted by Crippen LogP contribution is -1.96. The minimum atomic E-state index is 0. The van der Waals surface area contributed by atoms with Crippen molar-refractivity contribution in [1.82, 2.24) is 9.97 Å². The molecule has 0 aliphatic carbocycles. The number of anilines is 1. The van der Waals surface area contributed by atoms with E-state index in [9.17, 15) is 4.79 Å². The van der Waals surface area contributed by atoms with E-state index in [1.54, 1.807) is 0 Å². The smallest absolute Gasteiger partial charge is 0.212 e. The fourth-order valence-electron chi connectivity index (χ4n) is 0.472. The van der Waals surface area contributed by atoms with Crippen LogP contribution in [0.25, 0.3) is 0 Å². The molecule has 4 nitrogen and oxygen atoms in total. The number of hydrogen-bond donors (Lipinski definition) is 1. The predicted molar refractivity (Wildman–Crippen MR) is 44.0 cm³/mol. The second-order valence-corrected chi connectivity index (χ2v) is 1.88. The van der Waals surface area contributed by atoms with Crippen LogP contribution in [0.3, 0.4) is 0 Å². The molecule has 1 heterocycles. The molecule has 0 spiro atoms. The largest absolute Gasteiger partial charge is 0.312 e. The van der Waals surface area contributed by atoms with Gasteiger partial charge in [-0.05, 0) is 0 Å². The van der Waals surface area contributed by atoms with E-state index in [0.29, 0.717) is 12.2 Å². The second-order valence-electron chi connectivity index (χ2n) is 1.49. The molecule has 0 saturated carbocycles. The summed E-state index contributed by atoms with van der Waals surface area (Å²) in [5.74, 6) is 0.350. The normalized spacial score (nSPS) is 8.09. The highest BCUT2D eigenvalue weighted by Gasteiger charge is 1.91. The van der Waals surface area contributed by atoms with Gasteiger partial charge in [0.2, 0.25) is 6.41 Å². The number of nitrogens with zero attached hydrogens (tertiary/aromatic N) is 2. The van der Waals surface area contributed by atoms with Crippen molar-refractivity contribution in [2.45, 2.75) is 0 Å². The average molecular weight is 194 g/mol. The van der Waals surface area contributed by atoms with Gasteiger partial charge in [0.25, 0.3) is 0 Å². The van der Waals surface area contributed by atoms with Gasteiger partial charge >= 0.3 is 0 Å². The first kappa shape index (κ1) is 10.1. The van der Waals surface area contributed by atoms with Crippen LogP contribution in [-0.4, -0.2) is 16.4 Å². The van der Waals surface area contributed by atoms with Crippen molar-refractivity contribution in [3.8, 4) is 0 Å². The second kappa shape index (κ2) is 4.87. The fraction of sp³-hybridized carbons (Fsp3) is 0. The van der Waals surface area contributed by atoms with Crippen molar-refractivity contribution >= 4 is 36.2 Å². The molecular weight excluding hydrogens is 189 g/mol. The highest BCUT2D eigenvalue weighted by molar-refractivity contribution is 6.29. The Hall–Kier alpha value is -0.870. The van der Waals surface area contributed by atoms with Gasteiger partial charge in [0.05, 0.1) is 12.4 Å². The van der Waals surface area contributed by atoms with Crippen molar-refractivity contribution in [3.63, 3.8) is 0 Å². The van der Waals surface area contributed by atoms with Gasteiger partial charge in [-0.2, -0.15) is 0 Å². The van der Waals surface area contributed by atoms with Gasteiger partial charge in [0.1, 0.15) is 5.15 Å². The maximum Gasteiger partial charge on any atom is 0.212 e. The Morgan fingerprint density at radius 1 is 1.55 bits per heavy atom. The Morgan fingerprint density at radius 3 is 2.82 bits per heavy atom. The molecule has 0 unspecified atom stereocenters. The Bertz CT molecular complexity index is 243. The summed E-state index contributed by atoms with van der Waals surface area (Å²) in [6, 6.07) is 0. The fourth-order valence-corrected chi connectivity index (χ4v) is 0.619. The van der Waals surface area contributed by atoms with Crippen LogP contribution in [0.5, 0.6) is 0 Å². The molecule has 0 bridgehead atoms. The summed E-state index contributed by atoms with van der Waals surface area (Å²) in [6.07, 6.45) is 3.30. The number of carbonyl (C=O) groups is 1. The van der Waals surface area contributed by atoms with Gasteiger partial charge in [-0.3, -0.25) is 9.78 Å². The summed E-state index contributed by atoms with van der Waals surface area (Å²) < 4.78 is 0. The third-order valence-electron chi connectivity index (χ3n) is 0.812. The SMILES string of the molecule is Cl.O=CNc1cncc(Cl)n1. The zero-order valence-electron chi connectivity index (χ0n) is 5.32. The number of carbonyl (C=O) groups excluding carboxylic acids is 1. The highest BCUT2D eigenvalue weighted by Crippen LogP contribution is 2.04. The van der Waals surface area contributed by atoms with Crippen molar-refractivity contribution in [2.24, 2.45) is 0 Å². The van der Waals surface area contributed by atoms with Crippen LogP contribution < -0.4 is 5.32 Å². The molecule has 1 amide bonds. The van der Waals surface area contributed by atoms with E-state index in [1.165, 1.54) is 12.4 Å². The van der Waals surface area contributed by atoms with Crippen LogP contribution in [-0.2, 0) is 4.79 Å². The van der Waals surface area contributed by atoms with Crippen LogP contribution in [0.15, 0.2) is 12.4 Å². The number of hydrogen-bond acceptors (Lipinski definition) is 3. The van der Waals surface area contributed by atoms with E-state index < -0.39 is 0 Å². The van der Waals surface area contributed by atoms with Gasteiger partial charge in [-0.1, -0.05) is 11.6 Å². The van der Waals surface area contributed by atoms with Crippen molar-refractivity contribution < 1.29 is 4.79 Å². The Labute approximate surface area is 74.4 Å². The molecule has 1 rings (SSSR count). The third kappa shape index (κ3) is 3.15. The van der Waals surface area contributed by atoms with E-state index >= 15 is 0 Å². The summed E-state index contributed by atoms with van der Waals surface area (Å²) in [7, 11) is 0. The molecule has 6 heteroatoms. The predicted octanol–water partition coefficient (Wildman–Crippen LogP) is 1.12. The molecule has 0 fully saturated rings. The Balaban J connectivity index is 0.000001000. The van der Waals surface area contributed by atoms with Crippen LogP contribution in [0.1, 0.15) is 0 Å². The van der Waals surface area contributed by atoms with Gasteiger partial charge in [-0.25, -0.2) is 4.98 Å². The van der Waals surface area contributed by atoms with Crippen LogP contribution in [0, 0.1) is 0 Å². The standard InChI is InChI=1S/C5H4ClN3O.ClH/c6-4-1-7-2-5(9-4)8-3-10;/h1-3H,(H,8,9,10);1H. The molecule has 0 saturated heterocycles. The first-order valence-electron chi connectivity index (χ1n) is 2.50. The lowest BCUT2D eigenvalue weighted by molar-refractivity contribution is -0.105. The van der Waals surface area contributed by atoms with E-state index in [-0.39, 0.29) is 17.6 Å². The van der Waals surface area contributed by atoms with Crippen LogP contribution in [0.2, 0.25) is 5.15 Å². The van der Waals surface area contributed by atoms with E-state index in [1.807, 2.05) is 0 Å². The first-order valence-corrected chi connectivity index (χ1v) is 2.88. The topological polar surface area (TPSA) is 54.9 Å². The molecule has 60 valence electrons.